The second kappa shape index (κ2) is 10.7. The molecule has 3 aromatic carbocycles. The number of amides is 2. The first kappa shape index (κ1) is 26.7. The van der Waals surface area contributed by atoms with Crippen molar-refractivity contribution in [1.29, 1.82) is 0 Å². The van der Waals surface area contributed by atoms with Gasteiger partial charge in [-0.05, 0) is 49.0 Å². The second-order valence-corrected chi connectivity index (χ2v) is 12.0. The Bertz CT molecular complexity index is 1530. The van der Waals surface area contributed by atoms with E-state index in [0.717, 1.165) is 43.6 Å². The average molecular weight is 549 g/mol. The zero-order valence-corrected chi connectivity index (χ0v) is 23.0. The molecule has 2 heterocycles. The minimum Gasteiger partial charge on any atom is -0.353 e. The Balaban J connectivity index is 1.38. The molecule has 204 valence electrons. The maximum Gasteiger partial charge on any atom is 0.257 e. The minimum atomic E-state index is -3.46. The molecule has 0 bridgehead atoms. The Morgan fingerprint density at radius 3 is 2.41 bits per heavy atom. The van der Waals surface area contributed by atoms with Crippen molar-refractivity contribution in [2.75, 3.05) is 73.3 Å². The number of hydrogen-bond donors (Lipinski definition) is 3. The summed E-state index contributed by atoms with van der Waals surface area (Å²) in [6.45, 7) is 3.89. The molecule has 0 atom stereocenters. The summed E-state index contributed by atoms with van der Waals surface area (Å²) in [4.78, 5) is 30.1. The van der Waals surface area contributed by atoms with Gasteiger partial charge in [0, 0.05) is 44.5 Å². The van der Waals surface area contributed by atoms with Gasteiger partial charge in [0.15, 0.2) is 0 Å². The molecule has 2 aliphatic heterocycles. The van der Waals surface area contributed by atoms with Crippen LogP contribution in [0.5, 0.6) is 0 Å². The third-order valence-electron chi connectivity index (χ3n) is 7.10. The number of nitrogens with one attached hydrogen (secondary N) is 3. The van der Waals surface area contributed by atoms with Gasteiger partial charge in [-0.1, -0.05) is 24.3 Å². The number of likely N-dealkylation sites (N-methyl/N-ethyl adjacent to an activating group) is 1. The first-order chi connectivity index (χ1) is 18.6. The van der Waals surface area contributed by atoms with E-state index in [-0.39, 0.29) is 11.8 Å². The molecule has 5 rings (SSSR count). The summed E-state index contributed by atoms with van der Waals surface area (Å²) < 4.78 is 25.7. The van der Waals surface area contributed by atoms with E-state index in [1.807, 2.05) is 24.3 Å². The Hall–Kier alpha value is -3.93. The largest absolute Gasteiger partial charge is 0.353 e. The van der Waals surface area contributed by atoms with Crippen LogP contribution in [0.15, 0.2) is 60.7 Å². The third-order valence-corrected chi connectivity index (χ3v) is 8.29. The van der Waals surface area contributed by atoms with Crippen molar-refractivity contribution in [3.05, 3.63) is 66.2 Å². The van der Waals surface area contributed by atoms with E-state index in [9.17, 15) is 18.0 Å². The average Bonchev–Trinajstić information content (AvgIpc) is 3.04. The molecular formula is C28H32N6O4S. The first-order valence-corrected chi connectivity index (χ1v) is 14.5. The number of carbonyl (C=O) groups is 2. The molecule has 2 amide bonds. The summed E-state index contributed by atoms with van der Waals surface area (Å²) in [6.07, 6.45) is 1.16. The number of para-hydroxylation sites is 1. The number of rotatable bonds is 6. The second-order valence-electron chi connectivity index (χ2n) is 9.98. The van der Waals surface area contributed by atoms with Crippen LogP contribution >= 0.6 is 0 Å². The predicted molar refractivity (Wildman–Crippen MR) is 155 cm³/mol. The van der Waals surface area contributed by atoms with E-state index >= 15 is 0 Å². The zero-order chi connectivity index (χ0) is 27.7. The van der Waals surface area contributed by atoms with Crippen molar-refractivity contribution in [3.63, 3.8) is 0 Å². The highest BCUT2D eigenvalue weighted by Crippen LogP contribution is 2.38. The van der Waals surface area contributed by atoms with E-state index < -0.39 is 10.0 Å². The lowest BCUT2D eigenvalue weighted by Gasteiger charge is -2.31. The van der Waals surface area contributed by atoms with Crippen LogP contribution in [-0.4, -0.2) is 83.1 Å². The summed E-state index contributed by atoms with van der Waals surface area (Å²) >= 11 is 0. The monoisotopic (exact) mass is 548 g/mol. The number of fused-ring (bicyclic) bond motifs is 2. The van der Waals surface area contributed by atoms with Crippen LogP contribution in [0.3, 0.4) is 0 Å². The fourth-order valence-corrected chi connectivity index (χ4v) is 5.28. The van der Waals surface area contributed by atoms with Crippen molar-refractivity contribution in [2.45, 2.75) is 0 Å². The molecule has 1 saturated heterocycles. The van der Waals surface area contributed by atoms with Gasteiger partial charge in [0.2, 0.25) is 15.9 Å². The van der Waals surface area contributed by atoms with Crippen molar-refractivity contribution in [1.82, 2.24) is 9.80 Å². The van der Waals surface area contributed by atoms with E-state index in [1.165, 1.54) is 11.4 Å². The van der Waals surface area contributed by atoms with Gasteiger partial charge in [-0.3, -0.25) is 18.8 Å². The fourth-order valence-electron chi connectivity index (χ4n) is 4.76. The number of anilines is 5. The maximum atomic E-state index is 13.1. The molecular weight excluding hydrogens is 516 g/mol. The molecule has 11 heteroatoms. The van der Waals surface area contributed by atoms with Crippen LogP contribution in [0.2, 0.25) is 0 Å². The van der Waals surface area contributed by atoms with E-state index in [1.54, 1.807) is 36.4 Å². The number of piperazine rings is 1. The van der Waals surface area contributed by atoms with Crippen molar-refractivity contribution in [2.24, 2.45) is 0 Å². The molecule has 39 heavy (non-hydrogen) atoms. The minimum absolute atomic E-state index is 0.0990. The summed E-state index contributed by atoms with van der Waals surface area (Å²) in [5.74, 6) is -0.386. The topological polar surface area (TPSA) is 114 Å². The highest BCUT2D eigenvalue weighted by atomic mass is 32.2. The predicted octanol–water partition coefficient (Wildman–Crippen LogP) is 3.24. The van der Waals surface area contributed by atoms with Crippen LogP contribution in [-0.2, 0) is 14.8 Å². The highest BCUT2D eigenvalue weighted by Gasteiger charge is 2.23. The van der Waals surface area contributed by atoms with Crippen molar-refractivity contribution >= 4 is 50.3 Å². The number of benzene rings is 3. The molecule has 0 aliphatic carbocycles. The lowest BCUT2D eigenvalue weighted by molar-refractivity contribution is -0.117. The molecule has 0 saturated carbocycles. The quantitative estimate of drug-likeness (QED) is 0.433. The van der Waals surface area contributed by atoms with E-state index in [0.29, 0.717) is 40.5 Å². The number of sulfonamides is 1. The van der Waals surface area contributed by atoms with Crippen LogP contribution in [0, 0.1) is 0 Å². The first-order valence-electron chi connectivity index (χ1n) is 12.7. The molecule has 3 N–H and O–H groups in total. The van der Waals surface area contributed by atoms with Gasteiger partial charge in [-0.25, -0.2) is 8.42 Å². The normalized spacial score (nSPS) is 15.8. The van der Waals surface area contributed by atoms with Gasteiger partial charge in [-0.2, -0.15) is 0 Å². The SMILES string of the molecule is CN1CCN(CC(=O)Nc2ccc3c(c2)NC(=O)c2ccc(-c4ccccc4N(C)S(C)(=O)=O)cc2N3)CC1. The van der Waals surface area contributed by atoms with Gasteiger partial charge in [0.05, 0.1) is 41.1 Å². The molecule has 1 fully saturated rings. The lowest BCUT2D eigenvalue weighted by Crippen LogP contribution is -2.47. The maximum absolute atomic E-state index is 13.1. The van der Waals surface area contributed by atoms with Crippen LogP contribution < -0.4 is 20.3 Å². The summed E-state index contributed by atoms with van der Waals surface area (Å²) in [7, 11) is 0.127. The fraction of sp³-hybridized carbons (Fsp3) is 0.286. The molecule has 0 unspecified atom stereocenters. The van der Waals surface area contributed by atoms with Gasteiger partial charge >= 0.3 is 0 Å². The van der Waals surface area contributed by atoms with E-state index in [2.05, 4.69) is 32.8 Å². The smallest absolute Gasteiger partial charge is 0.257 e. The van der Waals surface area contributed by atoms with Crippen LogP contribution in [0.4, 0.5) is 28.4 Å². The highest BCUT2D eigenvalue weighted by molar-refractivity contribution is 7.92. The Morgan fingerprint density at radius 2 is 1.67 bits per heavy atom. The standard InChI is InChI=1S/C28H32N6O4S/c1-32-12-14-34(15-13-32)18-27(35)29-20-9-11-23-25(17-20)31-28(36)22-10-8-19(16-24(22)30-23)21-6-4-5-7-26(21)33(2)39(3,37)38/h4-11,16-17,30H,12-15,18H2,1-3H3,(H,29,35)(H,31,36). The number of hydrogen-bond acceptors (Lipinski definition) is 7. The summed E-state index contributed by atoms with van der Waals surface area (Å²) in [5.41, 5.74) is 4.88. The number of carbonyl (C=O) groups excluding carboxylic acids is 2. The van der Waals surface area contributed by atoms with Gasteiger partial charge in [0.1, 0.15) is 0 Å². The van der Waals surface area contributed by atoms with Gasteiger partial charge in [0.25, 0.3) is 5.91 Å². The Kier molecular flexibility index (Phi) is 7.30. The molecule has 10 nitrogen and oxygen atoms in total. The Labute approximate surface area is 228 Å². The molecule has 3 aromatic rings. The summed E-state index contributed by atoms with van der Waals surface area (Å²) in [5, 5.41) is 9.20. The molecule has 0 radical (unpaired) electrons. The molecule has 2 aliphatic rings. The molecule has 0 aromatic heterocycles. The summed E-state index contributed by atoms with van der Waals surface area (Å²) in [6, 6.07) is 17.9. The van der Waals surface area contributed by atoms with Gasteiger partial charge in [-0.15, -0.1) is 0 Å². The zero-order valence-electron chi connectivity index (χ0n) is 22.2. The Morgan fingerprint density at radius 1 is 0.923 bits per heavy atom. The van der Waals surface area contributed by atoms with Crippen LogP contribution in [0.25, 0.3) is 11.1 Å². The van der Waals surface area contributed by atoms with Crippen molar-refractivity contribution < 1.29 is 18.0 Å². The van der Waals surface area contributed by atoms with Crippen molar-refractivity contribution in [3.8, 4) is 11.1 Å². The lowest BCUT2D eigenvalue weighted by atomic mass is 10.0. The molecule has 0 spiro atoms. The third kappa shape index (κ3) is 5.90. The number of nitrogens with zero attached hydrogens (tertiary/aromatic N) is 3. The van der Waals surface area contributed by atoms with E-state index in [4.69, 9.17) is 0 Å². The van der Waals surface area contributed by atoms with Crippen LogP contribution in [0.1, 0.15) is 10.4 Å². The van der Waals surface area contributed by atoms with Gasteiger partial charge < -0.3 is 20.9 Å².